The number of aliphatic imine (C=N–C) groups is 1. The summed E-state index contributed by atoms with van der Waals surface area (Å²) in [7, 11) is 0. The van der Waals surface area contributed by atoms with Gasteiger partial charge in [0.25, 0.3) is 0 Å². The number of hydrogen-bond donors (Lipinski definition) is 1. The van der Waals surface area contributed by atoms with Crippen LogP contribution in [0.5, 0.6) is 0 Å². The summed E-state index contributed by atoms with van der Waals surface area (Å²) < 4.78 is 6.03. The van der Waals surface area contributed by atoms with Gasteiger partial charge in [-0.2, -0.15) is 0 Å². The molecule has 3 aliphatic rings. The van der Waals surface area contributed by atoms with Crippen molar-refractivity contribution in [2.75, 3.05) is 45.9 Å². The van der Waals surface area contributed by atoms with E-state index in [9.17, 15) is 0 Å². The Morgan fingerprint density at radius 2 is 2.05 bits per heavy atom. The van der Waals surface area contributed by atoms with Crippen LogP contribution in [-0.2, 0) is 4.74 Å². The Kier molecular flexibility index (Phi) is 5.58. The second-order valence-electron chi connectivity index (χ2n) is 7.11. The molecule has 5 nitrogen and oxygen atoms in total. The fraction of sp³-hybridized carbons (Fsp3) is 0.941. The van der Waals surface area contributed by atoms with E-state index in [1.807, 2.05) is 0 Å². The summed E-state index contributed by atoms with van der Waals surface area (Å²) in [5, 5.41) is 3.46. The van der Waals surface area contributed by atoms with Crippen molar-refractivity contribution >= 4 is 5.96 Å². The largest absolute Gasteiger partial charge is 0.373 e. The number of morpholine rings is 1. The zero-order valence-corrected chi connectivity index (χ0v) is 14.3. The number of likely N-dealkylation sites (tertiary alicyclic amines) is 1. The number of piperidine rings is 1. The first-order valence-corrected chi connectivity index (χ1v) is 9.15. The maximum absolute atomic E-state index is 6.03. The minimum absolute atomic E-state index is 0.270. The van der Waals surface area contributed by atoms with Crippen LogP contribution in [0.25, 0.3) is 0 Å². The molecule has 0 aromatic carbocycles. The number of nitrogens with one attached hydrogen (secondary N) is 1. The second-order valence-corrected chi connectivity index (χ2v) is 7.11. The van der Waals surface area contributed by atoms with Crippen LogP contribution in [0.3, 0.4) is 0 Å². The topological polar surface area (TPSA) is 40.1 Å². The van der Waals surface area contributed by atoms with Gasteiger partial charge < -0.3 is 15.0 Å². The van der Waals surface area contributed by atoms with E-state index < -0.39 is 0 Å². The lowest BCUT2D eigenvalue weighted by molar-refractivity contribution is -0.0433. The molecule has 0 aliphatic carbocycles. The van der Waals surface area contributed by atoms with Gasteiger partial charge >= 0.3 is 0 Å². The van der Waals surface area contributed by atoms with Gasteiger partial charge in [-0.25, -0.2) is 0 Å². The van der Waals surface area contributed by atoms with Gasteiger partial charge in [0.15, 0.2) is 5.96 Å². The molecule has 3 rings (SSSR count). The molecule has 0 saturated carbocycles. The summed E-state index contributed by atoms with van der Waals surface area (Å²) in [6, 6.07) is 0.678. The molecule has 3 heterocycles. The molecule has 0 amide bonds. The molecule has 2 atom stereocenters. The Balaban J connectivity index is 1.53. The van der Waals surface area contributed by atoms with Gasteiger partial charge in [-0.1, -0.05) is 6.92 Å². The molecule has 0 bridgehead atoms. The Labute approximate surface area is 135 Å². The summed E-state index contributed by atoms with van der Waals surface area (Å²) in [4.78, 5) is 9.90. The number of fused-ring (bicyclic) bond motifs is 1. The van der Waals surface area contributed by atoms with Gasteiger partial charge in [0.1, 0.15) is 0 Å². The van der Waals surface area contributed by atoms with Crippen molar-refractivity contribution in [3.8, 4) is 0 Å². The lowest BCUT2D eigenvalue weighted by atomic mass is 10.00. The smallest absolute Gasteiger partial charge is 0.194 e. The monoisotopic (exact) mass is 308 g/mol. The molecule has 0 aromatic rings. The van der Waals surface area contributed by atoms with Gasteiger partial charge in [-0.3, -0.25) is 9.89 Å². The molecule has 22 heavy (non-hydrogen) atoms. The molecule has 5 heteroatoms. The van der Waals surface area contributed by atoms with Gasteiger partial charge in [-0.05, 0) is 45.1 Å². The van der Waals surface area contributed by atoms with Crippen molar-refractivity contribution in [3.63, 3.8) is 0 Å². The zero-order valence-electron chi connectivity index (χ0n) is 14.3. The van der Waals surface area contributed by atoms with Crippen molar-refractivity contribution in [1.82, 2.24) is 15.1 Å². The third-order valence-corrected chi connectivity index (χ3v) is 5.32. The minimum Gasteiger partial charge on any atom is -0.373 e. The van der Waals surface area contributed by atoms with Crippen LogP contribution >= 0.6 is 0 Å². The van der Waals surface area contributed by atoms with Crippen molar-refractivity contribution in [1.29, 1.82) is 0 Å². The molecular weight excluding hydrogens is 276 g/mol. The third kappa shape index (κ3) is 3.93. The van der Waals surface area contributed by atoms with Crippen LogP contribution in [0, 0.1) is 5.92 Å². The Bertz CT molecular complexity index is 379. The first-order valence-electron chi connectivity index (χ1n) is 9.15. The first kappa shape index (κ1) is 16.1. The maximum Gasteiger partial charge on any atom is 0.194 e. The van der Waals surface area contributed by atoms with E-state index in [0.717, 1.165) is 51.2 Å². The Morgan fingerprint density at radius 1 is 1.23 bits per heavy atom. The van der Waals surface area contributed by atoms with E-state index in [-0.39, 0.29) is 6.10 Å². The first-order chi connectivity index (χ1) is 10.8. The van der Waals surface area contributed by atoms with E-state index in [0.29, 0.717) is 6.04 Å². The van der Waals surface area contributed by atoms with Gasteiger partial charge in [0.05, 0.1) is 19.3 Å². The highest BCUT2D eigenvalue weighted by Gasteiger charge is 2.32. The lowest BCUT2D eigenvalue weighted by Crippen LogP contribution is -2.48. The predicted octanol–water partition coefficient (Wildman–Crippen LogP) is 1.55. The average molecular weight is 308 g/mol. The van der Waals surface area contributed by atoms with Crippen molar-refractivity contribution in [2.24, 2.45) is 10.9 Å². The van der Waals surface area contributed by atoms with Crippen molar-refractivity contribution in [2.45, 2.75) is 51.7 Å². The average Bonchev–Trinajstić information content (AvgIpc) is 3.00. The van der Waals surface area contributed by atoms with Crippen molar-refractivity contribution in [3.05, 3.63) is 0 Å². The summed E-state index contributed by atoms with van der Waals surface area (Å²) >= 11 is 0. The molecule has 3 aliphatic heterocycles. The molecule has 0 aromatic heterocycles. The third-order valence-electron chi connectivity index (χ3n) is 5.32. The number of ether oxygens (including phenoxy) is 1. The number of guanidine groups is 1. The SMILES string of the molecule is CCNC(=NCC1CN2CCCC2CO1)N1CCC(C)CC1. The summed E-state index contributed by atoms with van der Waals surface area (Å²) in [5.74, 6) is 1.94. The highest BCUT2D eigenvalue weighted by atomic mass is 16.5. The van der Waals surface area contributed by atoms with Crippen LogP contribution in [0.15, 0.2) is 4.99 Å². The highest BCUT2D eigenvalue weighted by molar-refractivity contribution is 5.80. The molecule has 0 radical (unpaired) electrons. The van der Waals surface area contributed by atoms with Crippen LogP contribution in [0.1, 0.15) is 39.5 Å². The van der Waals surface area contributed by atoms with E-state index in [2.05, 4.69) is 29.0 Å². The summed E-state index contributed by atoms with van der Waals surface area (Å²) in [5.41, 5.74) is 0. The lowest BCUT2D eigenvalue weighted by Gasteiger charge is -2.35. The molecule has 1 N–H and O–H groups in total. The van der Waals surface area contributed by atoms with Gasteiger partial charge in [0.2, 0.25) is 0 Å². The highest BCUT2D eigenvalue weighted by Crippen LogP contribution is 2.22. The molecule has 3 fully saturated rings. The van der Waals surface area contributed by atoms with Gasteiger partial charge in [0, 0.05) is 32.2 Å². The second kappa shape index (κ2) is 7.64. The molecular formula is C17H32N4O. The van der Waals surface area contributed by atoms with E-state index in [1.165, 1.54) is 32.2 Å². The molecule has 0 spiro atoms. The number of rotatable bonds is 3. The Morgan fingerprint density at radius 3 is 2.82 bits per heavy atom. The summed E-state index contributed by atoms with van der Waals surface area (Å²) in [6.45, 7) is 11.7. The van der Waals surface area contributed by atoms with E-state index in [1.54, 1.807) is 0 Å². The van der Waals surface area contributed by atoms with Gasteiger partial charge in [-0.15, -0.1) is 0 Å². The fourth-order valence-corrected chi connectivity index (χ4v) is 3.83. The van der Waals surface area contributed by atoms with E-state index in [4.69, 9.17) is 9.73 Å². The predicted molar refractivity (Wildman–Crippen MR) is 90.3 cm³/mol. The Hall–Kier alpha value is -0.810. The summed E-state index contributed by atoms with van der Waals surface area (Å²) in [6.07, 6.45) is 5.47. The molecule has 126 valence electrons. The minimum atomic E-state index is 0.270. The standard InChI is InChI=1S/C17H32N4O/c1-3-18-17(20-9-6-14(2)7-10-20)19-11-16-12-21-8-4-5-15(21)13-22-16/h14-16H,3-13H2,1-2H3,(H,18,19). The number of nitrogens with zero attached hydrogens (tertiary/aromatic N) is 3. The zero-order chi connectivity index (χ0) is 15.4. The quantitative estimate of drug-likeness (QED) is 0.634. The van der Waals surface area contributed by atoms with E-state index >= 15 is 0 Å². The van der Waals surface area contributed by atoms with Crippen LogP contribution in [-0.4, -0.2) is 73.8 Å². The fourth-order valence-electron chi connectivity index (χ4n) is 3.83. The molecule has 3 saturated heterocycles. The van der Waals surface area contributed by atoms with Crippen molar-refractivity contribution < 1.29 is 4.74 Å². The van der Waals surface area contributed by atoms with Crippen LogP contribution in [0.4, 0.5) is 0 Å². The normalized spacial score (nSPS) is 31.4. The molecule has 2 unspecified atom stereocenters. The number of hydrogen-bond acceptors (Lipinski definition) is 3. The maximum atomic E-state index is 6.03. The van der Waals surface area contributed by atoms with Crippen LogP contribution < -0.4 is 5.32 Å². The van der Waals surface area contributed by atoms with Crippen LogP contribution in [0.2, 0.25) is 0 Å².